The summed E-state index contributed by atoms with van der Waals surface area (Å²) >= 11 is 0. The van der Waals surface area contributed by atoms with Gasteiger partial charge in [0.2, 0.25) is 5.91 Å². The lowest BCUT2D eigenvalue weighted by Crippen LogP contribution is -2.50. The fraction of sp³-hybridized carbons (Fsp3) is 0.167. The van der Waals surface area contributed by atoms with Crippen molar-refractivity contribution in [1.82, 2.24) is 10.8 Å². The van der Waals surface area contributed by atoms with Gasteiger partial charge in [-0.2, -0.15) is 0 Å². The number of hydrogen-bond acceptors (Lipinski definition) is 6. The van der Waals surface area contributed by atoms with Crippen molar-refractivity contribution in [3.8, 4) is 11.1 Å². The van der Waals surface area contributed by atoms with Crippen LogP contribution in [-0.4, -0.2) is 42.1 Å². The maximum Gasteiger partial charge on any atom is 0.267 e. The van der Waals surface area contributed by atoms with E-state index in [1.165, 1.54) is 17.6 Å². The predicted octanol–water partition coefficient (Wildman–Crippen LogP) is -0.0476. The molecule has 0 bridgehead atoms. The highest BCUT2D eigenvalue weighted by Crippen LogP contribution is 2.25. The maximum absolute atomic E-state index is 14.5. The molecular weight excluding hydrogens is 369 g/mol. The van der Waals surface area contributed by atoms with Crippen LogP contribution in [0, 0.1) is 5.82 Å². The summed E-state index contributed by atoms with van der Waals surface area (Å²) in [5, 5.41) is 13.5. The molecule has 9 nitrogen and oxygen atoms in total. The Morgan fingerprint density at radius 1 is 1.07 bits per heavy atom. The monoisotopic (exact) mass is 389 g/mol. The summed E-state index contributed by atoms with van der Waals surface area (Å²) in [6.45, 7) is -0.392. The Morgan fingerprint density at radius 3 is 2.29 bits per heavy atom. The van der Waals surface area contributed by atoms with E-state index in [9.17, 15) is 18.8 Å². The molecule has 0 unspecified atom stereocenters. The number of nitrogens with one attached hydrogen (secondary N) is 3. The Kier molecular flexibility index (Phi) is 7.15. The van der Waals surface area contributed by atoms with Crippen molar-refractivity contribution in [3.63, 3.8) is 0 Å². The van der Waals surface area contributed by atoms with Crippen LogP contribution in [0.25, 0.3) is 11.1 Å². The van der Waals surface area contributed by atoms with Gasteiger partial charge in [-0.15, -0.1) is 0 Å². The van der Waals surface area contributed by atoms with Crippen molar-refractivity contribution in [2.75, 3.05) is 18.4 Å². The molecule has 0 saturated carbocycles. The van der Waals surface area contributed by atoms with Crippen molar-refractivity contribution in [1.29, 1.82) is 0 Å². The summed E-state index contributed by atoms with van der Waals surface area (Å²) in [4.78, 5) is 34.8. The first-order valence-electron chi connectivity index (χ1n) is 8.24. The minimum atomic E-state index is -1.16. The SMILES string of the molecule is NCC(=O)Nc1ccc(-c2ccc(C(=O)N[C@@H](CN)C(=O)NO)cc2F)cc1. The van der Waals surface area contributed by atoms with Crippen LogP contribution in [-0.2, 0) is 9.59 Å². The topological polar surface area (TPSA) is 160 Å². The third-order valence-corrected chi connectivity index (χ3v) is 3.86. The summed E-state index contributed by atoms with van der Waals surface area (Å²) in [5.41, 5.74) is 13.3. The number of hydrogen-bond donors (Lipinski definition) is 6. The molecule has 0 fully saturated rings. The van der Waals surface area contributed by atoms with E-state index < -0.39 is 23.7 Å². The zero-order valence-corrected chi connectivity index (χ0v) is 14.7. The second-order valence-corrected chi connectivity index (χ2v) is 5.76. The molecule has 3 amide bonds. The molecule has 2 aromatic carbocycles. The third kappa shape index (κ3) is 5.10. The molecule has 8 N–H and O–H groups in total. The molecule has 0 heterocycles. The van der Waals surface area contributed by atoms with E-state index in [-0.39, 0.29) is 30.1 Å². The number of carbonyl (C=O) groups is 3. The first-order chi connectivity index (χ1) is 13.4. The summed E-state index contributed by atoms with van der Waals surface area (Å²) in [5.74, 6) is -2.60. The van der Waals surface area contributed by atoms with Gasteiger partial charge in [0, 0.05) is 23.4 Å². The van der Waals surface area contributed by atoms with Crippen LogP contribution in [0.3, 0.4) is 0 Å². The van der Waals surface area contributed by atoms with Gasteiger partial charge in [0.1, 0.15) is 11.9 Å². The minimum Gasteiger partial charge on any atom is -0.339 e. The van der Waals surface area contributed by atoms with Crippen LogP contribution >= 0.6 is 0 Å². The van der Waals surface area contributed by atoms with Gasteiger partial charge in [0.15, 0.2) is 0 Å². The van der Waals surface area contributed by atoms with E-state index in [1.54, 1.807) is 24.3 Å². The number of rotatable bonds is 7. The number of halogens is 1. The smallest absolute Gasteiger partial charge is 0.267 e. The Bertz CT molecular complexity index is 873. The van der Waals surface area contributed by atoms with Crippen molar-refractivity contribution >= 4 is 23.4 Å². The molecule has 0 radical (unpaired) electrons. The second-order valence-electron chi connectivity index (χ2n) is 5.76. The van der Waals surface area contributed by atoms with Crippen LogP contribution in [0.4, 0.5) is 10.1 Å². The lowest BCUT2D eigenvalue weighted by atomic mass is 10.0. The van der Waals surface area contributed by atoms with Gasteiger partial charge in [-0.1, -0.05) is 18.2 Å². The van der Waals surface area contributed by atoms with E-state index in [0.29, 0.717) is 11.3 Å². The van der Waals surface area contributed by atoms with Crippen molar-refractivity contribution < 1.29 is 24.0 Å². The number of carbonyl (C=O) groups excluding carboxylic acids is 3. The quantitative estimate of drug-likeness (QED) is 0.288. The standard InChI is InChI=1S/C18H20FN5O4/c19-14-7-11(17(26)23-15(8-20)18(27)24-28)3-6-13(14)10-1-4-12(5-2-10)22-16(25)9-21/h1-7,15,28H,8-9,20-21H2,(H,22,25)(H,23,26)(H,24,27)/t15-/m0/s1. The Hall–Kier alpha value is -3.34. The number of amides is 3. The van der Waals surface area contributed by atoms with Crippen molar-refractivity contribution in [3.05, 3.63) is 53.8 Å². The molecule has 0 saturated heterocycles. The highest BCUT2D eigenvalue weighted by Gasteiger charge is 2.20. The summed E-state index contributed by atoms with van der Waals surface area (Å²) < 4.78 is 14.5. The lowest BCUT2D eigenvalue weighted by molar-refractivity contribution is -0.130. The molecule has 0 aliphatic carbocycles. The van der Waals surface area contributed by atoms with Gasteiger partial charge in [0.05, 0.1) is 6.54 Å². The third-order valence-electron chi connectivity index (χ3n) is 3.86. The average molecular weight is 389 g/mol. The molecule has 10 heteroatoms. The molecule has 0 spiro atoms. The zero-order valence-electron chi connectivity index (χ0n) is 14.7. The van der Waals surface area contributed by atoms with Crippen LogP contribution in [0.15, 0.2) is 42.5 Å². The van der Waals surface area contributed by atoms with Crippen LogP contribution < -0.4 is 27.6 Å². The molecule has 2 rings (SSSR count). The molecule has 0 aliphatic heterocycles. The maximum atomic E-state index is 14.5. The van der Waals surface area contributed by atoms with Gasteiger partial charge < -0.3 is 22.1 Å². The van der Waals surface area contributed by atoms with Crippen molar-refractivity contribution in [2.24, 2.45) is 11.5 Å². The zero-order chi connectivity index (χ0) is 20.7. The van der Waals surface area contributed by atoms with E-state index in [4.69, 9.17) is 16.7 Å². The Morgan fingerprint density at radius 2 is 1.75 bits per heavy atom. The fourth-order valence-electron chi connectivity index (χ4n) is 2.39. The van der Waals surface area contributed by atoms with E-state index in [0.717, 1.165) is 6.07 Å². The lowest BCUT2D eigenvalue weighted by Gasteiger charge is -2.15. The highest BCUT2D eigenvalue weighted by molar-refractivity contribution is 5.98. The Balaban J connectivity index is 2.16. The largest absolute Gasteiger partial charge is 0.339 e. The second kappa shape index (κ2) is 9.55. The first kappa shape index (κ1) is 21.0. The van der Waals surface area contributed by atoms with Crippen LogP contribution in [0.1, 0.15) is 10.4 Å². The number of hydroxylamine groups is 1. The fourth-order valence-corrected chi connectivity index (χ4v) is 2.39. The minimum absolute atomic E-state index is 0.0164. The summed E-state index contributed by atoms with van der Waals surface area (Å²) in [7, 11) is 0. The highest BCUT2D eigenvalue weighted by atomic mass is 19.1. The van der Waals surface area contributed by atoms with E-state index >= 15 is 0 Å². The van der Waals surface area contributed by atoms with Gasteiger partial charge in [-0.3, -0.25) is 19.6 Å². The van der Waals surface area contributed by atoms with Crippen molar-refractivity contribution in [2.45, 2.75) is 6.04 Å². The Labute approximate surface area is 159 Å². The summed E-state index contributed by atoms with van der Waals surface area (Å²) in [6.07, 6.45) is 0. The molecule has 0 aromatic heterocycles. The molecule has 2 aromatic rings. The predicted molar refractivity (Wildman–Crippen MR) is 99.8 cm³/mol. The number of nitrogens with two attached hydrogens (primary N) is 2. The van der Waals surface area contributed by atoms with E-state index in [1.807, 2.05) is 0 Å². The molecular formula is C18H20FN5O4. The molecule has 28 heavy (non-hydrogen) atoms. The molecule has 1 atom stereocenters. The van der Waals surface area contributed by atoms with Gasteiger partial charge >= 0.3 is 0 Å². The van der Waals surface area contributed by atoms with Gasteiger partial charge in [-0.05, 0) is 29.8 Å². The number of anilines is 1. The van der Waals surface area contributed by atoms with Gasteiger partial charge in [0.25, 0.3) is 11.8 Å². The van der Waals surface area contributed by atoms with Gasteiger partial charge in [-0.25, -0.2) is 9.87 Å². The molecule has 148 valence electrons. The molecule has 0 aliphatic rings. The average Bonchev–Trinajstić information content (AvgIpc) is 2.71. The normalized spacial score (nSPS) is 11.4. The van der Waals surface area contributed by atoms with Crippen LogP contribution in [0.2, 0.25) is 0 Å². The summed E-state index contributed by atoms with van der Waals surface area (Å²) in [6, 6.07) is 9.10. The number of benzene rings is 2. The van der Waals surface area contributed by atoms with E-state index in [2.05, 4.69) is 10.6 Å². The van der Waals surface area contributed by atoms with Crippen LogP contribution in [0.5, 0.6) is 0 Å². The first-order valence-corrected chi connectivity index (χ1v) is 8.24.